The highest BCUT2D eigenvalue weighted by molar-refractivity contribution is 9.10. The molecule has 0 aliphatic heterocycles. The fourth-order valence-corrected chi connectivity index (χ4v) is 1.60. The second kappa shape index (κ2) is 4.87. The van der Waals surface area contributed by atoms with E-state index in [2.05, 4.69) is 26.0 Å². The van der Waals surface area contributed by atoms with Crippen molar-refractivity contribution in [3.63, 3.8) is 0 Å². The molecule has 0 fully saturated rings. The summed E-state index contributed by atoms with van der Waals surface area (Å²) in [7, 11) is 0. The van der Waals surface area contributed by atoms with Crippen LogP contribution in [0.3, 0.4) is 0 Å². The van der Waals surface area contributed by atoms with Crippen molar-refractivity contribution >= 4 is 15.9 Å². The van der Waals surface area contributed by atoms with Gasteiger partial charge in [-0.15, -0.1) is 0 Å². The van der Waals surface area contributed by atoms with E-state index in [1.807, 2.05) is 12.1 Å². The number of hydrogen-bond acceptors (Lipinski definition) is 2. The predicted octanol–water partition coefficient (Wildman–Crippen LogP) is 2.75. The molecule has 68 valence electrons. The van der Waals surface area contributed by atoms with E-state index in [1.165, 1.54) is 0 Å². The average molecular weight is 242 g/mol. The van der Waals surface area contributed by atoms with Gasteiger partial charge in [0.25, 0.3) is 0 Å². The number of azide groups is 1. The molecule has 0 aromatic heterocycles. The highest BCUT2D eigenvalue weighted by atomic mass is 79.9. The first kappa shape index (κ1) is 10.1. The fourth-order valence-electron chi connectivity index (χ4n) is 1.01. The van der Waals surface area contributed by atoms with E-state index >= 15 is 0 Å². The summed E-state index contributed by atoms with van der Waals surface area (Å²) in [5.41, 5.74) is 9.81. The molecule has 0 amide bonds. The second-order valence-corrected chi connectivity index (χ2v) is 3.43. The van der Waals surface area contributed by atoms with Crippen molar-refractivity contribution in [3.05, 3.63) is 44.2 Å². The molecule has 5 heteroatoms. The summed E-state index contributed by atoms with van der Waals surface area (Å²) < 4.78 is 0.877. The van der Waals surface area contributed by atoms with Crippen molar-refractivity contribution in [2.75, 3.05) is 0 Å². The van der Waals surface area contributed by atoms with Crippen LogP contribution in [0.2, 0.25) is 0 Å². The van der Waals surface area contributed by atoms with Gasteiger partial charge in [-0.1, -0.05) is 27.1 Å². The van der Waals surface area contributed by atoms with Crippen molar-refractivity contribution in [2.24, 2.45) is 5.11 Å². The van der Waals surface area contributed by atoms with E-state index in [1.54, 1.807) is 6.07 Å². The van der Waals surface area contributed by atoms with E-state index in [4.69, 9.17) is 10.6 Å². The van der Waals surface area contributed by atoms with Crippen LogP contribution in [-0.2, 0) is 13.2 Å². The Bertz CT molecular complexity index is 347. The smallest absolute Gasteiger partial charge is 0.0682 e. The van der Waals surface area contributed by atoms with Crippen LogP contribution in [0.25, 0.3) is 10.4 Å². The Labute approximate surface area is 84.0 Å². The van der Waals surface area contributed by atoms with Crippen LogP contribution in [0.1, 0.15) is 11.1 Å². The van der Waals surface area contributed by atoms with Gasteiger partial charge in [-0.3, -0.25) is 0 Å². The van der Waals surface area contributed by atoms with Crippen LogP contribution in [0.4, 0.5) is 0 Å². The Morgan fingerprint density at radius 3 is 2.69 bits per heavy atom. The Kier molecular flexibility index (Phi) is 3.76. The van der Waals surface area contributed by atoms with Crippen molar-refractivity contribution < 1.29 is 5.11 Å². The third-order valence-corrected chi connectivity index (χ3v) is 1.97. The highest BCUT2D eigenvalue weighted by Crippen LogP contribution is 2.16. The summed E-state index contributed by atoms with van der Waals surface area (Å²) in [6.45, 7) is 0.297. The lowest BCUT2D eigenvalue weighted by molar-refractivity contribution is 0.281. The first-order valence-electron chi connectivity index (χ1n) is 3.66. The molecule has 0 spiro atoms. The van der Waals surface area contributed by atoms with Crippen LogP contribution < -0.4 is 0 Å². The van der Waals surface area contributed by atoms with Gasteiger partial charge in [0.2, 0.25) is 0 Å². The second-order valence-electron chi connectivity index (χ2n) is 2.51. The third-order valence-electron chi connectivity index (χ3n) is 1.52. The van der Waals surface area contributed by atoms with E-state index < -0.39 is 0 Å². The van der Waals surface area contributed by atoms with Crippen LogP contribution in [0, 0.1) is 0 Å². The lowest BCUT2D eigenvalue weighted by Gasteiger charge is -2.01. The maximum absolute atomic E-state index is 8.89. The first-order chi connectivity index (χ1) is 6.26. The first-order valence-corrected chi connectivity index (χ1v) is 4.45. The predicted molar refractivity (Wildman–Crippen MR) is 52.9 cm³/mol. The standard InChI is InChI=1S/C8H8BrN3O/c9-8-2-6(4-11-12-10)1-7(3-8)5-13/h1-3,13H,4-5H2. The Balaban J connectivity index is 2.93. The van der Waals surface area contributed by atoms with Crippen molar-refractivity contribution in [1.82, 2.24) is 0 Å². The maximum Gasteiger partial charge on any atom is 0.0682 e. The van der Waals surface area contributed by atoms with Gasteiger partial charge in [0.05, 0.1) is 13.2 Å². The molecule has 0 heterocycles. The molecule has 13 heavy (non-hydrogen) atoms. The van der Waals surface area contributed by atoms with Crippen LogP contribution in [0.5, 0.6) is 0 Å². The molecule has 1 aromatic rings. The molecule has 0 saturated heterocycles. The van der Waals surface area contributed by atoms with Crippen molar-refractivity contribution in [3.8, 4) is 0 Å². The lowest BCUT2D eigenvalue weighted by Crippen LogP contribution is -1.87. The summed E-state index contributed by atoms with van der Waals surface area (Å²) in [6.07, 6.45) is 0. The zero-order chi connectivity index (χ0) is 9.68. The zero-order valence-electron chi connectivity index (χ0n) is 6.81. The van der Waals surface area contributed by atoms with Gasteiger partial charge < -0.3 is 5.11 Å². The molecule has 0 radical (unpaired) electrons. The number of halogens is 1. The van der Waals surface area contributed by atoms with Gasteiger partial charge in [0.1, 0.15) is 0 Å². The SMILES string of the molecule is [N-]=[N+]=NCc1cc(Br)cc(CO)c1. The van der Waals surface area contributed by atoms with E-state index in [0.717, 1.165) is 15.6 Å². The number of aliphatic hydroxyl groups is 1. The minimum atomic E-state index is -0.0112. The van der Waals surface area contributed by atoms with Crippen molar-refractivity contribution in [1.29, 1.82) is 0 Å². The topological polar surface area (TPSA) is 69.0 Å². The molecule has 1 aromatic carbocycles. The molecule has 1 rings (SSSR count). The van der Waals surface area contributed by atoms with Crippen LogP contribution in [-0.4, -0.2) is 5.11 Å². The van der Waals surface area contributed by atoms with Gasteiger partial charge in [-0.25, -0.2) is 0 Å². The molecule has 0 bridgehead atoms. The molecular formula is C8H8BrN3O. The van der Waals surface area contributed by atoms with Crippen molar-refractivity contribution in [2.45, 2.75) is 13.2 Å². The number of hydrogen-bond donors (Lipinski definition) is 1. The van der Waals surface area contributed by atoms with Gasteiger partial charge in [-0.2, -0.15) is 0 Å². The molecular weight excluding hydrogens is 234 g/mol. The molecule has 0 atom stereocenters. The van der Waals surface area contributed by atoms with Gasteiger partial charge in [-0.05, 0) is 28.8 Å². The quantitative estimate of drug-likeness (QED) is 0.494. The number of benzene rings is 1. The normalized spacial score (nSPS) is 9.38. The van der Waals surface area contributed by atoms with E-state index in [0.29, 0.717) is 6.54 Å². The molecule has 0 saturated carbocycles. The fraction of sp³-hybridized carbons (Fsp3) is 0.250. The molecule has 4 nitrogen and oxygen atoms in total. The van der Waals surface area contributed by atoms with Gasteiger partial charge in [0, 0.05) is 9.38 Å². The monoisotopic (exact) mass is 241 g/mol. The summed E-state index contributed by atoms with van der Waals surface area (Å²) in [4.78, 5) is 2.66. The average Bonchev–Trinajstić information content (AvgIpc) is 2.14. The number of aliphatic hydroxyl groups excluding tert-OH is 1. The molecule has 0 aliphatic rings. The van der Waals surface area contributed by atoms with Gasteiger partial charge in [0.15, 0.2) is 0 Å². The Morgan fingerprint density at radius 2 is 2.08 bits per heavy atom. The minimum Gasteiger partial charge on any atom is -0.392 e. The highest BCUT2D eigenvalue weighted by Gasteiger charge is 1.97. The summed E-state index contributed by atoms with van der Waals surface area (Å²) >= 11 is 3.30. The van der Waals surface area contributed by atoms with E-state index in [-0.39, 0.29) is 6.61 Å². The van der Waals surface area contributed by atoms with E-state index in [9.17, 15) is 0 Å². The minimum absolute atomic E-state index is 0.0112. The molecule has 1 N–H and O–H groups in total. The molecule has 0 aliphatic carbocycles. The van der Waals surface area contributed by atoms with Crippen LogP contribution >= 0.6 is 15.9 Å². The van der Waals surface area contributed by atoms with Crippen LogP contribution in [0.15, 0.2) is 27.8 Å². The Hall–Kier alpha value is -1.03. The lowest BCUT2D eigenvalue weighted by atomic mass is 10.1. The summed E-state index contributed by atoms with van der Waals surface area (Å²) in [5.74, 6) is 0. The largest absolute Gasteiger partial charge is 0.392 e. The molecule has 0 unspecified atom stereocenters. The zero-order valence-corrected chi connectivity index (χ0v) is 8.40. The van der Waals surface area contributed by atoms with Gasteiger partial charge >= 0.3 is 0 Å². The third kappa shape index (κ3) is 3.06. The maximum atomic E-state index is 8.89. The number of nitrogens with zero attached hydrogens (tertiary/aromatic N) is 3. The number of rotatable bonds is 3. The summed E-state index contributed by atoms with van der Waals surface area (Å²) in [6, 6.07) is 5.48. The summed E-state index contributed by atoms with van der Waals surface area (Å²) in [5, 5.41) is 12.3. The Morgan fingerprint density at radius 1 is 1.38 bits per heavy atom.